The van der Waals surface area contributed by atoms with E-state index in [0.29, 0.717) is 5.38 Å². The van der Waals surface area contributed by atoms with Crippen LogP contribution in [0.5, 0.6) is 0 Å². The summed E-state index contributed by atoms with van der Waals surface area (Å²) in [5.74, 6) is 0. The quantitative estimate of drug-likeness (QED) is 0.639. The fraction of sp³-hybridized carbons (Fsp3) is 0.571. The standard InChI is InChI=1S/C14H21Cl/c1-4-14(15)7-5-6-13-10-11(2)8-9-12(13)3/h8-10,14H,4-7H2,1-3H3. The first-order valence-electron chi connectivity index (χ1n) is 5.83. The molecule has 1 atom stereocenters. The molecule has 0 aliphatic carbocycles. The highest BCUT2D eigenvalue weighted by molar-refractivity contribution is 6.20. The van der Waals surface area contributed by atoms with Gasteiger partial charge in [-0.1, -0.05) is 30.7 Å². The largest absolute Gasteiger partial charge is 0.123 e. The molecule has 15 heavy (non-hydrogen) atoms. The first kappa shape index (κ1) is 12.6. The summed E-state index contributed by atoms with van der Waals surface area (Å²) in [6.07, 6.45) is 4.57. The summed E-state index contributed by atoms with van der Waals surface area (Å²) in [4.78, 5) is 0. The Bertz CT molecular complexity index is 304. The number of benzene rings is 1. The van der Waals surface area contributed by atoms with Crippen LogP contribution in [0.15, 0.2) is 18.2 Å². The highest BCUT2D eigenvalue weighted by Gasteiger charge is 2.03. The van der Waals surface area contributed by atoms with Gasteiger partial charge in [-0.3, -0.25) is 0 Å². The van der Waals surface area contributed by atoms with Crippen LogP contribution < -0.4 is 0 Å². The molecule has 0 N–H and O–H groups in total. The van der Waals surface area contributed by atoms with E-state index < -0.39 is 0 Å². The highest BCUT2D eigenvalue weighted by Crippen LogP contribution is 2.16. The number of hydrogen-bond acceptors (Lipinski definition) is 0. The Morgan fingerprint density at radius 1 is 1.27 bits per heavy atom. The maximum atomic E-state index is 6.10. The molecule has 1 rings (SSSR count). The lowest BCUT2D eigenvalue weighted by atomic mass is 10.00. The molecular weight excluding hydrogens is 204 g/mol. The number of hydrogen-bond donors (Lipinski definition) is 0. The van der Waals surface area contributed by atoms with Crippen molar-refractivity contribution in [3.63, 3.8) is 0 Å². The zero-order chi connectivity index (χ0) is 11.3. The normalized spacial score (nSPS) is 12.8. The summed E-state index contributed by atoms with van der Waals surface area (Å²) in [5.41, 5.74) is 4.24. The molecule has 0 fully saturated rings. The predicted octanol–water partition coefficient (Wildman–Crippen LogP) is 4.64. The van der Waals surface area contributed by atoms with Crippen molar-refractivity contribution in [1.29, 1.82) is 0 Å². The molecule has 0 nitrogen and oxygen atoms in total. The minimum Gasteiger partial charge on any atom is -0.123 e. The van der Waals surface area contributed by atoms with Crippen LogP contribution in [-0.2, 0) is 6.42 Å². The van der Waals surface area contributed by atoms with Crippen LogP contribution in [0.4, 0.5) is 0 Å². The van der Waals surface area contributed by atoms with Crippen LogP contribution in [0.25, 0.3) is 0 Å². The molecule has 0 bridgehead atoms. The first-order valence-corrected chi connectivity index (χ1v) is 6.27. The van der Waals surface area contributed by atoms with Crippen molar-refractivity contribution in [2.75, 3.05) is 0 Å². The number of alkyl halides is 1. The van der Waals surface area contributed by atoms with Crippen molar-refractivity contribution >= 4 is 11.6 Å². The van der Waals surface area contributed by atoms with Crippen LogP contribution in [0, 0.1) is 13.8 Å². The summed E-state index contributed by atoms with van der Waals surface area (Å²) in [6.45, 7) is 6.49. The van der Waals surface area contributed by atoms with Gasteiger partial charge in [0, 0.05) is 5.38 Å². The molecule has 0 heterocycles. The Hall–Kier alpha value is -0.490. The molecule has 1 aromatic rings. The first-order chi connectivity index (χ1) is 7.13. The SMILES string of the molecule is CCC(Cl)CCCc1cc(C)ccc1C. The lowest BCUT2D eigenvalue weighted by molar-refractivity contribution is 0.673. The van der Waals surface area contributed by atoms with Gasteiger partial charge in [-0.05, 0) is 50.7 Å². The molecular formula is C14H21Cl. The minimum atomic E-state index is 0.357. The van der Waals surface area contributed by atoms with E-state index in [0.717, 1.165) is 19.3 Å². The number of rotatable bonds is 5. The molecule has 84 valence electrons. The highest BCUT2D eigenvalue weighted by atomic mass is 35.5. The van der Waals surface area contributed by atoms with E-state index in [1.807, 2.05) is 0 Å². The van der Waals surface area contributed by atoms with Crippen molar-refractivity contribution in [3.8, 4) is 0 Å². The Morgan fingerprint density at radius 2 is 2.00 bits per heavy atom. The maximum absolute atomic E-state index is 6.10. The average molecular weight is 225 g/mol. The third-order valence-electron chi connectivity index (χ3n) is 2.91. The van der Waals surface area contributed by atoms with E-state index in [4.69, 9.17) is 11.6 Å². The van der Waals surface area contributed by atoms with Gasteiger partial charge in [-0.25, -0.2) is 0 Å². The van der Waals surface area contributed by atoms with E-state index >= 15 is 0 Å². The van der Waals surface area contributed by atoms with E-state index in [2.05, 4.69) is 39.0 Å². The zero-order valence-electron chi connectivity index (χ0n) is 10.0. The van der Waals surface area contributed by atoms with Gasteiger partial charge in [-0.2, -0.15) is 0 Å². The molecule has 0 aromatic heterocycles. The van der Waals surface area contributed by atoms with Crippen LogP contribution >= 0.6 is 11.6 Å². The maximum Gasteiger partial charge on any atom is 0.0333 e. The Labute approximate surface area is 98.7 Å². The van der Waals surface area contributed by atoms with Crippen molar-refractivity contribution in [2.24, 2.45) is 0 Å². The third-order valence-corrected chi connectivity index (χ3v) is 3.44. The van der Waals surface area contributed by atoms with Gasteiger partial charge in [0.2, 0.25) is 0 Å². The topological polar surface area (TPSA) is 0 Å². The molecule has 0 aliphatic heterocycles. The molecule has 1 heteroatoms. The molecule has 0 radical (unpaired) electrons. The fourth-order valence-electron chi connectivity index (χ4n) is 1.79. The minimum absolute atomic E-state index is 0.357. The second-order valence-electron chi connectivity index (χ2n) is 4.33. The van der Waals surface area contributed by atoms with E-state index in [9.17, 15) is 0 Å². The van der Waals surface area contributed by atoms with Crippen molar-refractivity contribution in [1.82, 2.24) is 0 Å². The summed E-state index contributed by atoms with van der Waals surface area (Å²) >= 11 is 6.10. The van der Waals surface area contributed by atoms with Gasteiger partial charge < -0.3 is 0 Å². The van der Waals surface area contributed by atoms with Crippen molar-refractivity contribution in [3.05, 3.63) is 34.9 Å². The molecule has 1 aromatic carbocycles. The van der Waals surface area contributed by atoms with Crippen LogP contribution in [0.3, 0.4) is 0 Å². The molecule has 0 saturated heterocycles. The van der Waals surface area contributed by atoms with Crippen molar-refractivity contribution in [2.45, 2.75) is 51.8 Å². The predicted molar refractivity (Wildman–Crippen MR) is 68.8 cm³/mol. The molecule has 1 unspecified atom stereocenters. The fourth-order valence-corrected chi connectivity index (χ4v) is 1.94. The number of aryl methyl sites for hydroxylation is 3. The molecule has 0 amide bonds. The van der Waals surface area contributed by atoms with Gasteiger partial charge in [0.15, 0.2) is 0 Å². The van der Waals surface area contributed by atoms with Crippen molar-refractivity contribution < 1.29 is 0 Å². The van der Waals surface area contributed by atoms with E-state index in [1.54, 1.807) is 0 Å². The van der Waals surface area contributed by atoms with Crippen LogP contribution in [-0.4, -0.2) is 5.38 Å². The summed E-state index contributed by atoms with van der Waals surface area (Å²) in [6, 6.07) is 6.68. The monoisotopic (exact) mass is 224 g/mol. The molecule has 0 saturated carbocycles. The Kier molecular flexibility index (Phi) is 5.17. The molecule has 0 spiro atoms. The third kappa shape index (κ3) is 4.25. The molecule has 0 aliphatic rings. The van der Waals surface area contributed by atoms with Crippen LogP contribution in [0.1, 0.15) is 42.9 Å². The Morgan fingerprint density at radius 3 is 2.67 bits per heavy atom. The van der Waals surface area contributed by atoms with E-state index in [1.165, 1.54) is 23.1 Å². The lowest BCUT2D eigenvalue weighted by Gasteiger charge is -2.09. The second-order valence-corrected chi connectivity index (χ2v) is 4.94. The summed E-state index contributed by atoms with van der Waals surface area (Å²) in [7, 11) is 0. The van der Waals surface area contributed by atoms with Gasteiger partial charge in [0.05, 0.1) is 0 Å². The van der Waals surface area contributed by atoms with Crippen LogP contribution in [0.2, 0.25) is 0 Å². The van der Waals surface area contributed by atoms with Gasteiger partial charge in [0.1, 0.15) is 0 Å². The van der Waals surface area contributed by atoms with Gasteiger partial charge in [-0.15, -0.1) is 11.6 Å². The Balaban J connectivity index is 2.46. The lowest BCUT2D eigenvalue weighted by Crippen LogP contribution is -1.98. The van der Waals surface area contributed by atoms with Gasteiger partial charge >= 0.3 is 0 Å². The average Bonchev–Trinajstić information content (AvgIpc) is 2.23. The number of halogens is 1. The summed E-state index contributed by atoms with van der Waals surface area (Å²) in [5, 5.41) is 0.357. The van der Waals surface area contributed by atoms with E-state index in [-0.39, 0.29) is 0 Å². The zero-order valence-corrected chi connectivity index (χ0v) is 10.8. The van der Waals surface area contributed by atoms with Gasteiger partial charge in [0.25, 0.3) is 0 Å². The second kappa shape index (κ2) is 6.17. The smallest absolute Gasteiger partial charge is 0.0333 e. The summed E-state index contributed by atoms with van der Waals surface area (Å²) < 4.78 is 0.